The smallest absolute Gasteiger partial charge is 0.0492 e. The molecule has 1 aromatic heterocycles. The van der Waals surface area contributed by atoms with Crippen LogP contribution in [-0.4, -0.2) is 34.2 Å². The van der Waals surface area contributed by atoms with Crippen LogP contribution in [0.4, 0.5) is 0 Å². The first kappa shape index (κ1) is 8.72. The lowest BCUT2D eigenvalue weighted by molar-refractivity contribution is 0.247. The number of hydrogen-bond acceptors (Lipinski definition) is 3. The Kier molecular flexibility index (Phi) is 2.61. The molecule has 1 fully saturated rings. The molecule has 72 valence electrons. The fourth-order valence-electron chi connectivity index (χ4n) is 1.96. The number of nitrogens with two attached hydrogens (primary N) is 1. The van der Waals surface area contributed by atoms with Crippen LogP contribution in [0.15, 0.2) is 12.3 Å². The number of hydrogen-bond donors (Lipinski definition) is 2. The number of aromatic amines is 1. The lowest BCUT2D eigenvalue weighted by Gasteiger charge is -2.21. The first-order chi connectivity index (χ1) is 6.40. The molecular weight excluding hydrogens is 164 g/mol. The Morgan fingerprint density at radius 3 is 3.31 bits per heavy atom. The van der Waals surface area contributed by atoms with E-state index < -0.39 is 0 Å². The molecule has 13 heavy (non-hydrogen) atoms. The SMILES string of the molecule is NC[C@@H]1CCCN1Cc1ccn[nH]1. The second-order valence-corrected chi connectivity index (χ2v) is 3.58. The molecule has 2 heterocycles. The van der Waals surface area contributed by atoms with Gasteiger partial charge in [0, 0.05) is 31.0 Å². The Bertz CT molecular complexity index is 244. The van der Waals surface area contributed by atoms with Gasteiger partial charge in [-0.25, -0.2) is 0 Å². The van der Waals surface area contributed by atoms with Crippen LogP contribution in [0.2, 0.25) is 0 Å². The predicted octanol–water partition coefficient (Wildman–Crippen LogP) is 0.333. The molecule has 4 heteroatoms. The predicted molar refractivity (Wildman–Crippen MR) is 51.1 cm³/mol. The molecule has 0 amide bonds. The third-order valence-electron chi connectivity index (χ3n) is 2.70. The van der Waals surface area contributed by atoms with Gasteiger partial charge in [-0.3, -0.25) is 10.00 Å². The summed E-state index contributed by atoms with van der Waals surface area (Å²) in [5.74, 6) is 0. The molecule has 0 spiro atoms. The van der Waals surface area contributed by atoms with Crippen molar-refractivity contribution < 1.29 is 0 Å². The van der Waals surface area contributed by atoms with E-state index in [-0.39, 0.29) is 0 Å². The van der Waals surface area contributed by atoms with Crippen molar-refractivity contribution in [1.82, 2.24) is 15.1 Å². The molecule has 4 nitrogen and oxygen atoms in total. The van der Waals surface area contributed by atoms with Gasteiger partial charge in [0.25, 0.3) is 0 Å². The first-order valence-corrected chi connectivity index (χ1v) is 4.82. The quantitative estimate of drug-likeness (QED) is 0.705. The molecule has 2 rings (SSSR count). The van der Waals surface area contributed by atoms with Crippen LogP contribution >= 0.6 is 0 Å². The van der Waals surface area contributed by atoms with Gasteiger partial charge in [-0.15, -0.1) is 0 Å². The molecule has 0 aliphatic carbocycles. The number of nitrogens with zero attached hydrogens (tertiary/aromatic N) is 2. The Morgan fingerprint density at radius 2 is 2.62 bits per heavy atom. The van der Waals surface area contributed by atoms with Crippen LogP contribution in [0.5, 0.6) is 0 Å². The van der Waals surface area contributed by atoms with E-state index >= 15 is 0 Å². The van der Waals surface area contributed by atoms with E-state index in [1.165, 1.54) is 25.1 Å². The van der Waals surface area contributed by atoms with Gasteiger partial charge in [-0.1, -0.05) is 0 Å². The van der Waals surface area contributed by atoms with Crippen LogP contribution in [0.1, 0.15) is 18.5 Å². The average molecular weight is 180 g/mol. The third-order valence-corrected chi connectivity index (χ3v) is 2.70. The molecule has 1 aliphatic rings. The summed E-state index contributed by atoms with van der Waals surface area (Å²) < 4.78 is 0. The molecule has 1 aromatic rings. The van der Waals surface area contributed by atoms with E-state index in [4.69, 9.17) is 5.73 Å². The molecule has 1 saturated heterocycles. The van der Waals surface area contributed by atoms with E-state index in [0.717, 1.165) is 13.1 Å². The van der Waals surface area contributed by atoms with Crippen molar-refractivity contribution in [3.8, 4) is 0 Å². The zero-order valence-corrected chi connectivity index (χ0v) is 7.74. The van der Waals surface area contributed by atoms with E-state index in [2.05, 4.69) is 15.1 Å². The molecular formula is C9H16N4. The number of H-pyrrole nitrogens is 1. The Balaban J connectivity index is 1.94. The summed E-state index contributed by atoms with van der Waals surface area (Å²) in [6.45, 7) is 2.90. The first-order valence-electron chi connectivity index (χ1n) is 4.82. The van der Waals surface area contributed by atoms with E-state index in [1.807, 2.05) is 6.07 Å². The largest absolute Gasteiger partial charge is 0.329 e. The molecule has 0 bridgehead atoms. The highest BCUT2D eigenvalue weighted by atomic mass is 15.2. The summed E-state index contributed by atoms with van der Waals surface area (Å²) in [5.41, 5.74) is 6.87. The fraction of sp³-hybridized carbons (Fsp3) is 0.667. The highest BCUT2D eigenvalue weighted by Crippen LogP contribution is 2.17. The van der Waals surface area contributed by atoms with Gasteiger partial charge in [0.15, 0.2) is 0 Å². The van der Waals surface area contributed by atoms with E-state index in [0.29, 0.717) is 6.04 Å². The van der Waals surface area contributed by atoms with Crippen LogP contribution < -0.4 is 5.73 Å². The minimum absolute atomic E-state index is 0.572. The van der Waals surface area contributed by atoms with Crippen molar-refractivity contribution in [3.63, 3.8) is 0 Å². The van der Waals surface area contributed by atoms with Gasteiger partial charge < -0.3 is 5.73 Å². The molecule has 0 saturated carbocycles. The summed E-state index contributed by atoms with van der Waals surface area (Å²) in [5, 5.41) is 6.91. The third kappa shape index (κ3) is 1.89. The summed E-state index contributed by atoms with van der Waals surface area (Å²) >= 11 is 0. The van der Waals surface area contributed by atoms with Gasteiger partial charge in [-0.05, 0) is 25.5 Å². The molecule has 0 aromatic carbocycles. The van der Waals surface area contributed by atoms with Crippen molar-refractivity contribution in [2.24, 2.45) is 5.73 Å². The second-order valence-electron chi connectivity index (χ2n) is 3.58. The maximum Gasteiger partial charge on any atom is 0.0492 e. The minimum atomic E-state index is 0.572. The van der Waals surface area contributed by atoms with Crippen LogP contribution in [0.25, 0.3) is 0 Å². The number of likely N-dealkylation sites (tertiary alicyclic amines) is 1. The molecule has 0 unspecified atom stereocenters. The highest BCUT2D eigenvalue weighted by molar-refractivity contribution is 4.98. The van der Waals surface area contributed by atoms with Gasteiger partial charge in [0.2, 0.25) is 0 Å². The lowest BCUT2D eigenvalue weighted by atomic mass is 10.2. The highest BCUT2D eigenvalue weighted by Gasteiger charge is 2.22. The number of rotatable bonds is 3. The van der Waals surface area contributed by atoms with Crippen molar-refractivity contribution in [3.05, 3.63) is 18.0 Å². The Morgan fingerprint density at radius 1 is 1.69 bits per heavy atom. The van der Waals surface area contributed by atoms with Crippen molar-refractivity contribution in [1.29, 1.82) is 0 Å². The lowest BCUT2D eigenvalue weighted by Crippen LogP contribution is -2.34. The number of nitrogens with one attached hydrogen (secondary N) is 1. The Labute approximate surface area is 78.1 Å². The summed E-state index contributed by atoms with van der Waals surface area (Å²) in [7, 11) is 0. The van der Waals surface area contributed by atoms with E-state index in [1.54, 1.807) is 6.20 Å². The van der Waals surface area contributed by atoms with E-state index in [9.17, 15) is 0 Å². The van der Waals surface area contributed by atoms with Gasteiger partial charge in [0.05, 0.1) is 0 Å². The summed E-state index contributed by atoms with van der Waals surface area (Å²) in [4.78, 5) is 2.42. The zero-order chi connectivity index (χ0) is 9.10. The molecule has 1 aliphatic heterocycles. The molecule has 0 radical (unpaired) electrons. The molecule has 1 atom stereocenters. The Hall–Kier alpha value is -0.870. The monoisotopic (exact) mass is 180 g/mol. The van der Waals surface area contributed by atoms with Crippen LogP contribution in [-0.2, 0) is 6.54 Å². The van der Waals surface area contributed by atoms with Crippen LogP contribution in [0.3, 0.4) is 0 Å². The van der Waals surface area contributed by atoms with Crippen molar-refractivity contribution in [2.75, 3.05) is 13.1 Å². The second kappa shape index (κ2) is 3.89. The molecule has 3 N–H and O–H groups in total. The van der Waals surface area contributed by atoms with Crippen molar-refractivity contribution in [2.45, 2.75) is 25.4 Å². The van der Waals surface area contributed by atoms with Gasteiger partial charge in [0.1, 0.15) is 0 Å². The van der Waals surface area contributed by atoms with Crippen LogP contribution in [0, 0.1) is 0 Å². The zero-order valence-electron chi connectivity index (χ0n) is 7.74. The number of aromatic nitrogens is 2. The normalized spacial score (nSPS) is 23.9. The summed E-state index contributed by atoms with van der Waals surface area (Å²) in [6, 6.07) is 2.59. The summed E-state index contributed by atoms with van der Waals surface area (Å²) in [6.07, 6.45) is 4.31. The van der Waals surface area contributed by atoms with Gasteiger partial charge >= 0.3 is 0 Å². The van der Waals surface area contributed by atoms with Crippen molar-refractivity contribution >= 4 is 0 Å². The topological polar surface area (TPSA) is 57.9 Å². The maximum atomic E-state index is 5.69. The average Bonchev–Trinajstić information content (AvgIpc) is 2.76. The maximum absolute atomic E-state index is 5.69. The van der Waals surface area contributed by atoms with Gasteiger partial charge in [-0.2, -0.15) is 5.10 Å². The standard InChI is InChI=1S/C9H16N4/c10-6-9-2-1-5-13(9)7-8-3-4-11-12-8/h3-4,9H,1-2,5-7,10H2,(H,11,12)/t9-/m0/s1. The minimum Gasteiger partial charge on any atom is -0.329 e. The fourth-order valence-corrected chi connectivity index (χ4v) is 1.96.